The third kappa shape index (κ3) is 19.3. The fourth-order valence-electron chi connectivity index (χ4n) is 6.99. The van der Waals surface area contributed by atoms with Gasteiger partial charge in [-0.2, -0.15) is 0 Å². The van der Waals surface area contributed by atoms with Crippen LogP contribution >= 0.6 is 21.6 Å². The summed E-state index contributed by atoms with van der Waals surface area (Å²) in [7, 11) is 2.52. The molecule has 0 aromatic heterocycles. The first-order valence-corrected chi connectivity index (χ1v) is 25.5. The van der Waals surface area contributed by atoms with Gasteiger partial charge in [-0.3, -0.25) is 14.4 Å². The van der Waals surface area contributed by atoms with Crippen molar-refractivity contribution in [3.8, 4) is 11.5 Å². The zero-order valence-electron chi connectivity index (χ0n) is 40.3. The minimum Gasteiger partial charge on any atom is -0.458 e. The highest BCUT2D eigenvalue weighted by atomic mass is 33.1. The number of carbonyl (C=O) groups is 4. The van der Waals surface area contributed by atoms with Gasteiger partial charge in [0.1, 0.15) is 23.8 Å². The van der Waals surface area contributed by atoms with E-state index in [2.05, 4.69) is 93.1 Å². The minimum absolute atomic E-state index is 0.102. The number of hydrogen-bond acceptors (Lipinski definition) is 11. The van der Waals surface area contributed by atoms with E-state index in [0.29, 0.717) is 24.8 Å². The summed E-state index contributed by atoms with van der Waals surface area (Å²) in [5.41, 5.74) is -1.43. The molecule has 3 atom stereocenters. The Balaban J connectivity index is 1.31. The van der Waals surface area contributed by atoms with Crippen LogP contribution in [0, 0.1) is 0 Å². The molecule has 12 nitrogen and oxygen atoms in total. The lowest BCUT2D eigenvalue weighted by Gasteiger charge is -2.34. The van der Waals surface area contributed by atoms with Crippen LogP contribution in [-0.4, -0.2) is 83.2 Å². The molecule has 0 bridgehead atoms. The number of esters is 1. The fourth-order valence-corrected chi connectivity index (χ4v) is 9.79. The Hall–Kier alpha value is -4.38. The molecular formula is C51H71F2N3O9S2. The zero-order valence-corrected chi connectivity index (χ0v) is 42.0. The standard InChI is InChI=1S/C51H71F2N3O9S2/c1-9-10-11-12-13-14-15-16-17-18-19-20-21-22-23-24-25-26-27-28-42(57)55-39(45(59)65-47(2,3)4)36-66-67-48(5,6)43(44(58)54-34-38-35-61-49(7,8)62-38)56-46(60)50(31-32-50)37-29-30-40-41(33-37)64-51(52,53)63-40/h10-11,13-14,16-17,19-20,22-23,25-26,29-30,33,38-39,43H,9,12,15,18,21,24,27-28,31-32,34-36H2,1-8H3,(H,54,58)(H,55,57)(H,56,60)/b11-10-,14-13-,17-16-,20-19-,23-22-,26-25-/t38-,39+,43-/m1/s1. The van der Waals surface area contributed by atoms with Gasteiger partial charge in [0.15, 0.2) is 17.3 Å². The molecule has 0 spiro atoms. The summed E-state index contributed by atoms with van der Waals surface area (Å²) >= 11 is 0. The molecule has 2 heterocycles. The van der Waals surface area contributed by atoms with Crippen molar-refractivity contribution in [2.45, 2.75) is 166 Å². The molecule has 1 aromatic rings. The highest BCUT2D eigenvalue weighted by molar-refractivity contribution is 8.77. The van der Waals surface area contributed by atoms with Crippen LogP contribution in [-0.2, 0) is 38.8 Å². The highest BCUT2D eigenvalue weighted by Crippen LogP contribution is 2.52. The maximum Gasteiger partial charge on any atom is 0.586 e. The van der Waals surface area contributed by atoms with E-state index in [4.69, 9.17) is 14.2 Å². The van der Waals surface area contributed by atoms with Gasteiger partial charge in [0.05, 0.1) is 12.0 Å². The molecule has 2 aliphatic heterocycles. The van der Waals surface area contributed by atoms with Crippen LogP contribution in [0.5, 0.6) is 11.5 Å². The Morgan fingerprint density at radius 1 is 0.821 bits per heavy atom. The number of benzene rings is 1. The molecular weight excluding hydrogens is 901 g/mol. The van der Waals surface area contributed by atoms with Crippen LogP contribution in [0.1, 0.15) is 125 Å². The van der Waals surface area contributed by atoms with Crippen LogP contribution in [0.3, 0.4) is 0 Å². The quantitative estimate of drug-likeness (QED) is 0.0439. The molecule has 16 heteroatoms. The fraction of sp³-hybridized carbons (Fsp3) is 0.569. The molecule has 0 unspecified atom stereocenters. The van der Waals surface area contributed by atoms with Gasteiger partial charge in [-0.05, 0) is 124 Å². The van der Waals surface area contributed by atoms with Gasteiger partial charge in [0.2, 0.25) is 17.7 Å². The predicted octanol–water partition coefficient (Wildman–Crippen LogP) is 10.3. The molecule has 3 N–H and O–H groups in total. The lowest BCUT2D eigenvalue weighted by molar-refractivity contribution is -0.286. The van der Waals surface area contributed by atoms with Crippen molar-refractivity contribution in [3.63, 3.8) is 0 Å². The second-order valence-electron chi connectivity index (χ2n) is 18.6. The largest absolute Gasteiger partial charge is 0.586 e. The molecule has 1 aromatic carbocycles. The SMILES string of the molecule is CC/C=C\C/C=C\C/C=C\C/C=C\C/C=C\C/C=C\CCC(=O)N[C@@H](CSSC(C)(C)[C@H](NC(=O)C1(c2ccc3c(c2)OC(F)(F)O3)CC1)C(=O)NC[C@@H]1COC(C)(C)O1)C(=O)OC(C)(C)C. The number of nitrogens with one attached hydrogen (secondary N) is 3. The van der Waals surface area contributed by atoms with Crippen molar-refractivity contribution >= 4 is 45.3 Å². The molecule has 4 rings (SSSR count). The van der Waals surface area contributed by atoms with Crippen LogP contribution in [0.2, 0.25) is 0 Å². The van der Waals surface area contributed by atoms with Gasteiger partial charge in [0, 0.05) is 23.5 Å². The molecule has 370 valence electrons. The molecule has 1 aliphatic carbocycles. The van der Waals surface area contributed by atoms with E-state index < -0.39 is 63.8 Å². The Morgan fingerprint density at radius 3 is 1.93 bits per heavy atom. The molecule has 3 aliphatic rings. The summed E-state index contributed by atoms with van der Waals surface area (Å²) in [5, 5.41) is 8.72. The number of amides is 3. The van der Waals surface area contributed by atoms with Crippen LogP contribution in [0.25, 0.3) is 0 Å². The van der Waals surface area contributed by atoms with Crippen LogP contribution in [0.15, 0.2) is 91.1 Å². The van der Waals surface area contributed by atoms with Gasteiger partial charge in [-0.1, -0.05) is 107 Å². The highest BCUT2D eigenvalue weighted by Gasteiger charge is 2.54. The van der Waals surface area contributed by atoms with Crippen molar-refractivity contribution in [2.24, 2.45) is 0 Å². The third-order valence-electron chi connectivity index (χ3n) is 10.6. The normalized spacial score (nSPS) is 19.5. The number of hydrogen-bond donors (Lipinski definition) is 3. The molecule has 1 saturated carbocycles. The number of rotatable bonds is 27. The molecule has 0 radical (unpaired) electrons. The maximum atomic E-state index is 14.2. The number of allylic oxidation sites excluding steroid dienone is 12. The lowest BCUT2D eigenvalue weighted by atomic mass is 9.93. The number of ether oxygens (including phenoxy) is 5. The number of alkyl halides is 2. The van der Waals surface area contributed by atoms with E-state index in [1.165, 1.54) is 33.7 Å². The van der Waals surface area contributed by atoms with Gasteiger partial charge >= 0.3 is 12.3 Å². The van der Waals surface area contributed by atoms with Crippen LogP contribution in [0.4, 0.5) is 8.78 Å². The average molecular weight is 972 g/mol. The first-order chi connectivity index (χ1) is 31.7. The second-order valence-corrected chi connectivity index (χ2v) is 21.6. The topological polar surface area (TPSA) is 151 Å². The van der Waals surface area contributed by atoms with Gasteiger partial charge in [-0.15, -0.1) is 8.78 Å². The number of carbonyl (C=O) groups excluding carboxylic acids is 4. The minimum atomic E-state index is -3.81. The zero-order chi connectivity index (χ0) is 49.1. The smallest absolute Gasteiger partial charge is 0.458 e. The Bertz CT molecular complexity index is 2000. The van der Waals surface area contributed by atoms with Crippen molar-refractivity contribution in [1.29, 1.82) is 0 Å². The van der Waals surface area contributed by atoms with E-state index >= 15 is 0 Å². The maximum absolute atomic E-state index is 14.2. The molecule has 67 heavy (non-hydrogen) atoms. The summed E-state index contributed by atoms with van der Waals surface area (Å²) < 4.78 is 53.1. The number of fused-ring (bicyclic) bond motifs is 1. The summed E-state index contributed by atoms with van der Waals surface area (Å²) in [6.07, 6.45) is 28.2. The second kappa shape index (κ2) is 25.8. The first-order valence-electron chi connectivity index (χ1n) is 23.2. The summed E-state index contributed by atoms with van der Waals surface area (Å²) in [4.78, 5) is 54.8. The Kier molecular flexibility index (Phi) is 21.3. The summed E-state index contributed by atoms with van der Waals surface area (Å²) in [6.45, 7) is 14.9. The monoisotopic (exact) mass is 971 g/mol. The average Bonchev–Trinajstić information content (AvgIpc) is 3.89. The molecule has 3 amide bonds. The van der Waals surface area contributed by atoms with E-state index in [9.17, 15) is 28.0 Å². The molecule has 1 saturated heterocycles. The third-order valence-corrected chi connectivity index (χ3v) is 13.9. The predicted molar refractivity (Wildman–Crippen MR) is 263 cm³/mol. The Labute approximate surface area is 404 Å². The number of halogens is 2. The van der Waals surface area contributed by atoms with Gasteiger partial charge in [-0.25, -0.2) is 4.79 Å². The van der Waals surface area contributed by atoms with E-state index in [0.717, 1.165) is 38.5 Å². The van der Waals surface area contributed by atoms with E-state index in [1.807, 2.05) is 12.2 Å². The Morgan fingerprint density at radius 2 is 1.39 bits per heavy atom. The van der Waals surface area contributed by atoms with Crippen molar-refractivity contribution in [1.82, 2.24) is 16.0 Å². The van der Waals surface area contributed by atoms with E-state index in [-0.39, 0.29) is 42.7 Å². The first kappa shape index (κ1) is 55.2. The van der Waals surface area contributed by atoms with Crippen LogP contribution < -0.4 is 25.4 Å². The lowest BCUT2D eigenvalue weighted by Crippen LogP contribution is -2.58. The van der Waals surface area contributed by atoms with Crippen molar-refractivity contribution < 1.29 is 51.6 Å². The summed E-state index contributed by atoms with van der Waals surface area (Å²) in [5.74, 6) is -2.86. The summed E-state index contributed by atoms with van der Waals surface area (Å²) in [6, 6.07) is 2.16. The van der Waals surface area contributed by atoms with Crippen molar-refractivity contribution in [2.75, 3.05) is 18.9 Å². The van der Waals surface area contributed by atoms with E-state index in [1.54, 1.807) is 54.5 Å². The molecule has 2 fully saturated rings. The van der Waals surface area contributed by atoms with Gasteiger partial charge in [0.25, 0.3) is 0 Å². The van der Waals surface area contributed by atoms with Crippen molar-refractivity contribution in [3.05, 3.63) is 96.7 Å². The van der Waals surface area contributed by atoms with Gasteiger partial charge < -0.3 is 39.6 Å².